The monoisotopic (exact) mass is 306 g/mol. The van der Waals surface area contributed by atoms with Gasteiger partial charge in [-0.05, 0) is 19.4 Å². The molecule has 0 bridgehead atoms. The van der Waals surface area contributed by atoms with E-state index in [2.05, 4.69) is 10.6 Å². The van der Waals surface area contributed by atoms with Crippen molar-refractivity contribution < 1.29 is 19.1 Å². The van der Waals surface area contributed by atoms with Gasteiger partial charge in [0.1, 0.15) is 12.1 Å². The van der Waals surface area contributed by atoms with Crippen molar-refractivity contribution in [3.63, 3.8) is 0 Å². The molecule has 120 valence electrons. The molecule has 0 radical (unpaired) electrons. The van der Waals surface area contributed by atoms with Crippen LogP contribution >= 0.6 is 0 Å². The summed E-state index contributed by atoms with van der Waals surface area (Å²) in [6.07, 6.45) is 0.349. The van der Waals surface area contributed by atoms with Crippen molar-refractivity contribution >= 4 is 17.8 Å². The Balaban J connectivity index is 2.72. The first-order chi connectivity index (χ1) is 10.4. The second kappa shape index (κ2) is 8.81. The van der Waals surface area contributed by atoms with Gasteiger partial charge in [-0.25, -0.2) is 4.79 Å². The van der Waals surface area contributed by atoms with E-state index >= 15 is 0 Å². The summed E-state index contributed by atoms with van der Waals surface area (Å²) in [6.45, 7) is 4.84. The van der Waals surface area contributed by atoms with E-state index in [9.17, 15) is 14.4 Å². The van der Waals surface area contributed by atoms with Gasteiger partial charge in [-0.1, -0.05) is 30.3 Å². The molecule has 2 atom stereocenters. The van der Waals surface area contributed by atoms with Gasteiger partial charge in [0, 0.05) is 13.3 Å². The van der Waals surface area contributed by atoms with Crippen LogP contribution in [0.4, 0.5) is 0 Å². The van der Waals surface area contributed by atoms with E-state index in [1.807, 2.05) is 30.3 Å². The van der Waals surface area contributed by atoms with Crippen molar-refractivity contribution in [3.05, 3.63) is 35.9 Å². The van der Waals surface area contributed by atoms with Crippen molar-refractivity contribution in [2.24, 2.45) is 0 Å². The Labute approximate surface area is 130 Å². The van der Waals surface area contributed by atoms with Crippen LogP contribution in [-0.2, 0) is 25.5 Å². The molecule has 0 aliphatic rings. The molecule has 0 saturated carbocycles. The van der Waals surface area contributed by atoms with Crippen LogP contribution in [0.2, 0.25) is 0 Å². The van der Waals surface area contributed by atoms with Gasteiger partial charge in [0.2, 0.25) is 11.8 Å². The standard InChI is InChI=1S/C16H22N2O4/c1-4-22-16(21)11(2)17-15(20)14(18-12(3)19)10-13-8-6-5-7-9-13/h5-9,11,14H,4,10H2,1-3H3,(H,17,20)(H,18,19)/t11-,14-/m0/s1. The highest BCUT2D eigenvalue weighted by molar-refractivity contribution is 5.90. The average molecular weight is 306 g/mol. The van der Waals surface area contributed by atoms with Crippen LogP contribution in [0.5, 0.6) is 0 Å². The summed E-state index contributed by atoms with van der Waals surface area (Å²) in [5.41, 5.74) is 0.917. The zero-order valence-corrected chi connectivity index (χ0v) is 13.1. The van der Waals surface area contributed by atoms with Crippen LogP contribution in [-0.4, -0.2) is 36.5 Å². The second-order valence-electron chi connectivity index (χ2n) is 4.93. The van der Waals surface area contributed by atoms with Gasteiger partial charge in [-0.3, -0.25) is 9.59 Å². The minimum Gasteiger partial charge on any atom is -0.464 e. The van der Waals surface area contributed by atoms with Crippen molar-refractivity contribution in [1.29, 1.82) is 0 Å². The lowest BCUT2D eigenvalue weighted by molar-refractivity contribution is -0.147. The average Bonchev–Trinajstić information content (AvgIpc) is 2.47. The van der Waals surface area contributed by atoms with Crippen molar-refractivity contribution in [2.45, 2.75) is 39.3 Å². The molecule has 0 aliphatic heterocycles. The van der Waals surface area contributed by atoms with Gasteiger partial charge in [0.15, 0.2) is 0 Å². The Kier molecular flexibility index (Phi) is 7.08. The van der Waals surface area contributed by atoms with Crippen LogP contribution < -0.4 is 10.6 Å². The normalized spacial score (nSPS) is 12.9. The largest absolute Gasteiger partial charge is 0.464 e. The first-order valence-corrected chi connectivity index (χ1v) is 7.22. The summed E-state index contributed by atoms with van der Waals surface area (Å²) >= 11 is 0. The fraction of sp³-hybridized carbons (Fsp3) is 0.438. The molecule has 0 spiro atoms. The quantitative estimate of drug-likeness (QED) is 0.730. The summed E-state index contributed by atoms with van der Waals surface area (Å²) in [5.74, 6) is -1.23. The number of amides is 2. The molecular formula is C16H22N2O4. The van der Waals surface area contributed by atoms with Gasteiger partial charge in [0.05, 0.1) is 6.61 Å². The molecule has 22 heavy (non-hydrogen) atoms. The summed E-state index contributed by atoms with van der Waals surface area (Å²) in [5, 5.41) is 5.16. The fourth-order valence-electron chi connectivity index (χ4n) is 1.94. The lowest BCUT2D eigenvalue weighted by Crippen LogP contribution is -2.51. The molecule has 1 aromatic rings. The second-order valence-corrected chi connectivity index (χ2v) is 4.93. The van der Waals surface area contributed by atoms with E-state index < -0.39 is 24.0 Å². The number of rotatable bonds is 7. The third-order valence-electron chi connectivity index (χ3n) is 2.98. The number of nitrogens with one attached hydrogen (secondary N) is 2. The zero-order valence-electron chi connectivity index (χ0n) is 13.1. The number of ether oxygens (including phenoxy) is 1. The summed E-state index contributed by atoms with van der Waals surface area (Å²) in [6, 6.07) is 7.84. The summed E-state index contributed by atoms with van der Waals surface area (Å²) in [7, 11) is 0. The maximum atomic E-state index is 12.3. The number of esters is 1. The van der Waals surface area contributed by atoms with Crippen LogP contribution in [0.3, 0.4) is 0 Å². The number of benzene rings is 1. The van der Waals surface area contributed by atoms with Crippen LogP contribution in [0, 0.1) is 0 Å². The molecule has 1 aromatic carbocycles. The number of hydrogen-bond acceptors (Lipinski definition) is 4. The number of carbonyl (C=O) groups is 3. The lowest BCUT2D eigenvalue weighted by Gasteiger charge is -2.20. The van der Waals surface area contributed by atoms with Crippen LogP contribution in [0.15, 0.2) is 30.3 Å². The summed E-state index contributed by atoms with van der Waals surface area (Å²) in [4.78, 5) is 35.1. The molecule has 0 fully saturated rings. The topological polar surface area (TPSA) is 84.5 Å². The van der Waals surface area contributed by atoms with Gasteiger partial charge in [-0.15, -0.1) is 0 Å². The van der Waals surface area contributed by atoms with Gasteiger partial charge >= 0.3 is 5.97 Å². The Bertz CT molecular complexity index is 516. The van der Waals surface area contributed by atoms with Crippen LogP contribution in [0.1, 0.15) is 26.3 Å². The number of carbonyl (C=O) groups excluding carboxylic acids is 3. The van der Waals surface area contributed by atoms with E-state index in [1.165, 1.54) is 6.92 Å². The molecule has 2 N–H and O–H groups in total. The minimum absolute atomic E-state index is 0.248. The van der Waals surface area contributed by atoms with E-state index in [-0.39, 0.29) is 12.5 Å². The Hall–Kier alpha value is -2.37. The maximum Gasteiger partial charge on any atom is 0.328 e. The van der Waals surface area contributed by atoms with Gasteiger partial charge in [0.25, 0.3) is 0 Å². The van der Waals surface area contributed by atoms with Gasteiger partial charge in [-0.2, -0.15) is 0 Å². The molecule has 0 heterocycles. The highest BCUT2D eigenvalue weighted by Gasteiger charge is 2.24. The Morgan fingerprint density at radius 3 is 2.32 bits per heavy atom. The minimum atomic E-state index is -0.764. The Morgan fingerprint density at radius 1 is 1.14 bits per heavy atom. The first-order valence-electron chi connectivity index (χ1n) is 7.22. The molecule has 0 unspecified atom stereocenters. The third-order valence-corrected chi connectivity index (χ3v) is 2.98. The molecule has 1 rings (SSSR count). The number of hydrogen-bond donors (Lipinski definition) is 2. The molecule has 6 nitrogen and oxygen atoms in total. The van der Waals surface area contributed by atoms with Crippen molar-refractivity contribution in [3.8, 4) is 0 Å². The van der Waals surface area contributed by atoms with E-state index in [0.29, 0.717) is 6.42 Å². The summed E-state index contributed by atoms with van der Waals surface area (Å²) < 4.78 is 4.84. The van der Waals surface area contributed by atoms with E-state index in [4.69, 9.17) is 4.74 Å². The van der Waals surface area contributed by atoms with E-state index in [0.717, 1.165) is 5.56 Å². The first kappa shape index (κ1) is 17.7. The molecule has 0 aliphatic carbocycles. The molecule has 0 aromatic heterocycles. The molecule has 6 heteroatoms. The predicted molar refractivity (Wildman–Crippen MR) is 82.0 cm³/mol. The fourth-order valence-corrected chi connectivity index (χ4v) is 1.94. The Morgan fingerprint density at radius 2 is 1.77 bits per heavy atom. The van der Waals surface area contributed by atoms with Gasteiger partial charge < -0.3 is 15.4 Å². The smallest absolute Gasteiger partial charge is 0.328 e. The van der Waals surface area contributed by atoms with Crippen LogP contribution in [0.25, 0.3) is 0 Å². The van der Waals surface area contributed by atoms with E-state index in [1.54, 1.807) is 13.8 Å². The molecular weight excluding hydrogens is 284 g/mol. The maximum absolute atomic E-state index is 12.3. The van der Waals surface area contributed by atoms with Crippen molar-refractivity contribution in [2.75, 3.05) is 6.61 Å². The predicted octanol–water partition coefficient (Wildman–Crippen LogP) is 0.802. The highest BCUT2D eigenvalue weighted by atomic mass is 16.5. The third kappa shape index (κ3) is 5.95. The SMILES string of the molecule is CCOC(=O)[C@H](C)NC(=O)[C@H](Cc1ccccc1)NC(C)=O. The molecule has 2 amide bonds. The zero-order chi connectivity index (χ0) is 16.5. The lowest BCUT2D eigenvalue weighted by atomic mass is 10.0. The highest BCUT2D eigenvalue weighted by Crippen LogP contribution is 2.04. The van der Waals surface area contributed by atoms with Crippen molar-refractivity contribution in [1.82, 2.24) is 10.6 Å². The molecule has 0 saturated heterocycles.